The summed E-state index contributed by atoms with van der Waals surface area (Å²) in [5.74, 6) is -1.51. The van der Waals surface area contributed by atoms with Crippen molar-refractivity contribution in [2.75, 3.05) is 19.0 Å². The number of amides is 1. The number of esters is 2. The van der Waals surface area contributed by atoms with Crippen molar-refractivity contribution in [1.82, 2.24) is 9.55 Å². The summed E-state index contributed by atoms with van der Waals surface area (Å²) in [5, 5.41) is 4.47. The first-order valence-corrected chi connectivity index (χ1v) is 7.47. The third-order valence-corrected chi connectivity index (χ3v) is 3.65. The average molecular weight is 337 g/mol. The summed E-state index contributed by atoms with van der Waals surface area (Å²) in [6.45, 7) is -0.421. The number of methoxy groups -OCH3 is 1. The lowest BCUT2D eigenvalue weighted by Crippen LogP contribution is -2.21. The molecular weight excluding hydrogens is 322 g/mol. The summed E-state index contributed by atoms with van der Waals surface area (Å²) in [6.07, 6.45) is 1.74. The van der Waals surface area contributed by atoms with Crippen LogP contribution in [0.2, 0.25) is 0 Å². The minimum atomic E-state index is -0.585. The van der Waals surface area contributed by atoms with Gasteiger partial charge >= 0.3 is 11.9 Å². The van der Waals surface area contributed by atoms with Gasteiger partial charge in [-0.2, -0.15) is 0 Å². The predicted molar refractivity (Wildman–Crippen MR) is 82.2 cm³/mol. The summed E-state index contributed by atoms with van der Waals surface area (Å²) >= 11 is 1.17. The lowest BCUT2D eigenvalue weighted by Gasteiger charge is -2.05. The number of ether oxygens (including phenoxy) is 2. The lowest BCUT2D eigenvalue weighted by atomic mass is 10.3. The van der Waals surface area contributed by atoms with Crippen LogP contribution in [0.25, 0.3) is 0 Å². The van der Waals surface area contributed by atoms with Crippen LogP contribution in [-0.4, -0.2) is 41.1 Å². The van der Waals surface area contributed by atoms with Gasteiger partial charge in [0.15, 0.2) is 11.7 Å². The molecule has 2 rings (SSSR count). The zero-order valence-corrected chi connectivity index (χ0v) is 13.4. The number of rotatable bonds is 6. The van der Waals surface area contributed by atoms with Crippen molar-refractivity contribution in [2.24, 2.45) is 7.05 Å². The maximum Gasteiger partial charge on any atom is 0.355 e. The fourth-order valence-electron chi connectivity index (χ4n) is 1.70. The van der Waals surface area contributed by atoms with Gasteiger partial charge in [-0.15, -0.1) is 11.3 Å². The van der Waals surface area contributed by atoms with Crippen LogP contribution in [0.5, 0.6) is 0 Å². The zero-order valence-electron chi connectivity index (χ0n) is 12.6. The summed E-state index contributed by atoms with van der Waals surface area (Å²) < 4.78 is 11.1. The van der Waals surface area contributed by atoms with Gasteiger partial charge in [0.1, 0.15) is 5.69 Å². The third-order valence-electron chi connectivity index (χ3n) is 2.84. The van der Waals surface area contributed by atoms with Crippen molar-refractivity contribution in [2.45, 2.75) is 6.42 Å². The topological polar surface area (TPSA) is 99.5 Å². The Labute approximate surface area is 136 Å². The Kier molecular flexibility index (Phi) is 5.47. The highest BCUT2D eigenvalue weighted by atomic mass is 32.1. The van der Waals surface area contributed by atoms with E-state index in [-0.39, 0.29) is 6.42 Å². The second-order valence-electron chi connectivity index (χ2n) is 4.53. The van der Waals surface area contributed by atoms with Crippen LogP contribution in [0.4, 0.5) is 5.13 Å². The fraction of sp³-hybridized carbons (Fsp3) is 0.286. The highest BCUT2D eigenvalue weighted by Crippen LogP contribution is 2.16. The van der Waals surface area contributed by atoms with E-state index in [4.69, 9.17) is 4.74 Å². The van der Waals surface area contributed by atoms with Gasteiger partial charge in [-0.3, -0.25) is 14.9 Å². The van der Waals surface area contributed by atoms with E-state index < -0.39 is 24.5 Å². The van der Waals surface area contributed by atoms with Gasteiger partial charge in [-0.05, 0) is 12.1 Å². The Morgan fingerprint density at radius 3 is 2.83 bits per heavy atom. The number of aryl methyl sites for hydroxylation is 1. The van der Waals surface area contributed by atoms with Crippen molar-refractivity contribution in [3.8, 4) is 0 Å². The van der Waals surface area contributed by atoms with Crippen molar-refractivity contribution >= 4 is 34.3 Å². The molecule has 9 heteroatoms. The van der Waals surface area contributed by atoms with Crippen LogP contribution in [0, 0.1) is 0 Å². The molecule has 122 valence electrons. The van der Waals surface area contributed by atoms with E-state index in [1.165, 1.54) is 18.4 Å². The number of hydrogen-bond donors (Lipinski definition) is 1. The Morgan fingerprint density at radius 2 is 2.17 bits per heavy atom. The smallest absolute Gasteiger partial charge is 0.355 e. The minimum Gasteiger partial charge on any atom is -0.469 e. The maximum atomic E-state index is 11.8. The molecule has 23 heavy (non-hydrogen) atoms. The number of carbonyl (C=O) groups is 3. The van der Waals surface area contributed by atoms with E-state index in [9.17, 15) is 14.4 Å². The molecule has 0 fully saturated rings. The molecule has 8 nitrogen and oxygen atoms in total. The van der Waals surface area contributed by atoms with E-state index in [0.29, 0.717) is 16.5 Å². The standard InChI is InChI=1S/C14H15N3O5S/c1-17-5-3-4-10(17)13(20)22-7-11(18)16-14-15-9(8-23-14)6-12(19)21-2/h3-5,8H,6-7H2,1-2H3,(H,15,16,18). The monoisotopic (exact) mass is 337 g/mol. The number of hydrogen-bond acceptors (Lipinski definition) is 7. The largest absolute Gasteiger partial charge is 0.469 e. The van der Waals surface area contributed by atoms with Gasteiger partial charge in [0.2, 0.25) is 0 Å². The number of nitrogens with one attached hydrogen (secondary N) is 1. The van der Waals surface area contributed by atoms with Gasteiger partial charge in [-0.1, -0.05) is 0 Å². The maximum absolute atomic E-state index is 11.8. The zero-order chi connectivity index (χ0) is 16.8. The van der Waals surface area contributed by atoms with E-state index in [0.717, 1.165) is 0 Å². The van der Waals surface area contributed by atoms with Crippen molar-refractivity contribution < 1.29 is 23.9 Å². The quantitative estimate of drug-likeness (QED) is 0.789. The SMILES string of the molecule is COC(=O)Cc1csc(NC(=O)COC(=O)c2cccn2C)n1. The molecule has 0 radical (unpaired) electrons. The molecule has 0 aliphatic carbocycles. The lowest BCUT2D eigenvalue weighted by molar-refractivity contribution is -0.139. The molecule has 0 spiro atoms. The molecule has 2 aromatic heterocycles. The van der Waals surface area contributed by atoms with Crippen LogP contribution in [0.15, 0.2) is 23.7 Å². The number of aromatic nitrogens is 2. The Bertz CT molecular complexity index is 722. The van der Waals surface area contributed by atoms with Gasteiger partial charge in [0.25, 0.3) is 5.91 Å². The van der Waals surface area contributed by atoms with Gasteiger partial charge < -0.3 is 14.0 Å². The molecule has 0 unspecified atom stereocenters. The third kappa shape index (κ3) is 4.65. The van der Waals surface area contributed by atoms with Crippen molar-refractivity contribution in [3.05, 3.63) is 35.1 Å². The van der Waals surface area contributed by atoms with E-state index in [2.05, 4.69) is 15.0 Å². The van der Waals surface area contributed by atoms with Crippen LogP contribution in [0.3, 0.4) is 0 Å². The van der Waals surface area contributed by atoms with Gasteiger partial charge in [0, 0.05) is 18.6 Å². The summed E-state index contributed by atoms with van der Waals surface area (Å²) in [4.78, 5) is 38.7. The van der Waals surface area contributed by atoms with E-state index in [1.807, 2.05) is 0 Å². The van der Waals surface area contributed by atoms with Crippen LogP contribution in [0.1, 0.15) is 16.2 Å². The highest BCUT2D eigenvalue weighted by Gasteiger charge is 2.14. The first-order chi connectivity index (χ1) is 11.0. The Balaban J connectivity index is 1.82. The van der Waals surface area contributed by atoms with Gasteiger partial charge in [0.05, 0.1) is 19.2 Å². The first-order valence-electron chi connectivity index (χ1n) is 6.59. The second-order valence-corrected chi connectivity index (χ2v) is 5.38. The normalized spacial score (nSPS) is 10.2. The number of anilines is 1. The van der Waals surface area contributed by atoms with Gasteiger partial charge in [-0.25, -0.2) is 9.78 Å². The molecule has 0 atom stereocenters. The Hall–Kier alpha value is -2.68. The molecule has 0 aromatic carbocycles. The molecule has 0 aliphatic heterocycles. The van der Waals surface area contributed by atoms with Crippen LogP contribution in [-0.2, 0) is 32.5 Å². The highest BCUT2D eigenvalue weighted by molar-refractivity contribution is 7.13. The molecule has 0 saturated heterocycles. The molecule has 1 amide bonds. The Morgan fingerprint density at radius 1 is 1.39 bits per heavy atom. The van der Waals surface area contributed by atoms with Crippen LogP contribution < -0.4 is 5.32 Å². The number of carbonyl (C=O) groups excluding carboxylic acids is 3. The summed E-state index contributed by atoms with van der Waals surface area (Å²) in [6, 6.07) is 3.30. The second kappa shape index (κ2) is 7.54. The van der Waals surface area contributed by atoms with E-state index >= 15 is 0 Å². The number of nitrogens with zero attached hydrogens (tertiary/aromatic N) is 2. The fourth-order valence-corrected chi connectivity index (χ4v) is 2.43. The molecule has 1 N–H and O–H groups in total. The number of thiazole rings is 1. The van der Waals surface area contributed by atoms with Crippen molar-refractivity contribution in [1.29, 1.82) is 0 Å². The summed E-state index contributed by atoms with van der Waals surface area (Å²) in [5.41, 5.74) is 0.852. The molecule has 2 aromatic rings. The molecule has 0 bridgehead atoms. The first kappa shape index (κ1) is 16.7. The molecular formula is C14H15N3O5S. The molecule has 2 heterocycles. The minimum absolute atomic E-state index is 0.0331. The average Bonchev–Trinajstić information content (AvgIpc) is 3.13. The van der Waals surface area contributed by atoms with Crippen molar-refractivity contribution in [3.63, 3.8) is 0 Å². The predicted octanol–water partition coefficient (Wildman–Crippen LogP) is 0.993. The van der Waals surface area contributed by atoms with E-state index in [1.54, 1.807) is 35.3 Å². The van der Waals surface area contributed by atoms with Crippen LogP contribution >= 0.6 is 11.3 Å². The molecule has 0 saturated carbocycles. The summed E-state index contributed by atoms with van der Waals surface area (Å²) in [7, 11) is 2.99. The molecule has 0 aliphatic rings.